The Morgan fingerprint density at radius 2 is 1.02 bits per heavy atom. The highest BCUT2D eigenvalue weighted by Crippen LogP contribution is 2.36. The van der Waals surface area contributed by atoms with Gasteiger partial charge in [0.25, 0.3) is 0 Å². The summed E-state index contributed by atoms with van der Waals surface area (Å²) in [7, 11) is 0. The molecule has 0 bridgehead atoms. The summed E-state index contributed by atoms with van der Waals surface area (Å²) in [4.78, 5) is 18.6. The zero-order chi connectivity index (χ0) is 43.4. The highest BCUT2D eigenvalue weighted by molar-refractivity contribution is 6.33. The van der Waals surface area contributed by atoms with Gasteiger partial charge in [-0.25, -0.2) is 9.97 Å². The summed E-state index contributed by atoms with van der Waals surface area (Å²) in [6, 6.07) is 49.5. The highest BCUT2D eigenvalue weighted by Gasteiger charge is 2.42. The summed E-state index contributed by atoms with van der Waals surface area (Å²) in [5.74, 6) is 1.71. The van der Waals surface area contributed by atoms with Crippen LogP contribution >= 0.6 is 23.2 Å². The van der Waals surface area contributed by atoms with Crippen molar-refractivity contribution in [3.05, 3.63) is 201 Å². The van der Waals surface area contributed by atoms with E-state index in [4.69, 9.17) is 32.9 Å². The Morgan fingerprint density at radius 1 is 0.547 bits per heavy atom. The molecular weight excluding hydrogens is 836 g/mol. The molecule has 2 unspecified atom stereocenters. The summed E-state index contributed by atoms with van der Waals surface area (Å²) in [5.41, 5.74) is 12.1. The van der Waals surface area contributed by atoms with Crippen molar-refractivity contribution < 1.29 is 9.84 Å². The van der Waals surface area contributed by atoms with Gasteiger partial charge in [0, 0.05) is 75.5 Å². The van der Waals surface area contributed by atoms with Crippen LogP contribution in [0.15, 0.2) is 146 Å². The number of nitrogens with zero attached hydrogens (tertiary/aromatic N) is 3. The number of imidazole rings is 2. The van der Waals surface area contributed by atoms with Gasteiger partial charge in [0.15, 0.2) is 0 Å². The van der Waals surface area contributed by atoms with E-state index in [2.05, 4.69) is 122 Å². The van der Waals surface area contributed by atoms with E-state index in [1.807, 2.05) is 48.5 Å². The van der Waals surface area contributed by atoms with Gasteiger partial charge in [-0.1, -0.05) is 145 Å². The third-order valence-corrected chi connectivity index (χ3v) is 13.7. The fraction of sp³-hybridized carbons (Fsp3) is 0.259. The molecule has 0 spiro atoms. The van der Waals surface area contributed by atoms with Crippen molar-refractivity contribution in [3.63, 3.8) is 0 Å². The molecule has 0 amide bonds. The fourth-order valence-electron chi connectivity index (χ4n) is 9.49. The number of ether oxygens (including phenoxy) is 1. The van der Waals surface area contributed by atoms with Gasteiger partial charge in [-0.15, -0.1) is 0 Å². The SMILES string of the molecule is Clc1ccccc1-c1nc2c([nH]1)CNCC2.O[C@@H]1Cc2ccccc2C[C@H]1N1CCc2nc(-c3ccccc3Cl)[nH]c2C1.c1ccc2c(c1)CC1OC1C2.c1ccc2ccccc2c1. The van der Waals surface area contributed by atoms with Crippen LogP contribution in [-0.2, 0) is 56.4 Å². The van der Waals surface area contributed by atoms with Gasteiger partial charge in [0.1, 0.15) is 11.6 Å². The van der Waals surface area contributed by atoms with Crippen molar-refractivity contribution in [3.8, 4) is 22.8 Å². The molecule has 5 aliphatic rings. The number of rotatable bonds is 3. The molecule has 1 saturated heterocycles. The van der Waals surface area contributed by atoms with Gasteiger partial charge in [0.05, 0.1) is 51.1 Å². The number of benzene rings is 6. The van der Waals surface area contributed by atoms with Crippen LogP contribution in [0.5, 0.6) is 0 Å². The quantitative estimate of drug-likeness (QED) is 0.132. The van der Waals surface area contributed by atoms with E-state index < -0.39 is 0 Å². The minimum atomic E-state index is -0.326. The number of nitrogens with one attached hydrogen (secondary N) is 3. The van der Waals surface area contributed by atoms with E-state index in [0.29, 0.717) is 17.2 Å². The van der Waals surface area contributed by atoms with Crippen molar-refractivity contribution in [1.29, 1.82) is 0 Å². The normalized spacial score (nSPS) is 20.2. The van der Waals surface area contributed by atoms with Crippen LogP contribution in [0.1, 0.15) is 45.0 Å². The van der Waals surface area contributed by atoms with Crippen LogP contribution in [0.3, 0.4) is 0 Å². The van der Waals surface area contributed by atoms with E-state index in [9.17, 15) is 5.11 Å². The molecule has 4 atom stereocenters. The summed E-state index contributed by atoms with van der Waals surface area (Å²) < 4.78 is 5.46. The molecule has 324 valence electrons. The summed E-state index contributed by atoms with van der Waals surface area (Å²) in [5, 5.41) is 18.1. The number of aromatic amines is 2. The number of hydrogen-bond donors (Lipinski definition) is 4. The minimum Gasteiger partial charge on any atom is -0.391 e. The van der Waals surface area contributed by atoms with Crippen molar-refractivity contribution in [2.24, 2.45) is 0 Å². The van der Waals surface area contributed by atoms with Crippen LogP contribution in [0.2, 0.25) is 10.0 Å². The lowest BCUT2D eigenvalue weighted by Crippen LogP contribution is -2.50. The lowest BCUT2D eigenvalue weighted by Gasteiger charge is -2.39. The van der Waals surface area contributed by atoms with Crippen molar-refractivity contribution in [1.82, 2.24) is 30.2 Å². The second-order valence-corrected chi connectivity index (χ2v) is 18.0. The first-order chi connectivity index (χ1) is 31.4. The maximum Gasteiger partial charge on any atom is 0.139 e. The lowest BCUT2D eigenvalue weighted by atomic mass is 9.85. The van der Waals surface area contributed by atoms with Crippen molar-refractivity contribution in [2.75, 3.05) is 13.1 Å². The molecular formula is C54H52Cl2N6O2. The first-order valence-electron chi connectivity index (χ1n) is 22.4. The number of aliphatic hydroxyl groups excluding tert-OH is 1. The Morgan fingerprint density at radius 3 is 1.56 bits per heavy atom. The van der Waals surface area contributed by atoms with Crippen molar-refractivity contribution >= 4 is 34.0 Å². The third-order valence-electron chi connectivity index (χ3n) is 13.0. The van der Waals surface area contributed by atoms with Gasteiger partial charge >= 0.3 is 0 Å². The standard InChI is InChI=1S/C22H22ClN3O.C12H12ClN3.C10H10O.C10H8/c23-17-8-4-3-7-16(17)22-24-18-9-10-26(13-19(18)25-22)20-11-14-5-1-2-6-15(14)12-21(20)27;13-9-4-2-1-3-8(9)12-15-10-5-6-14-7-11(10)16-12;1-2-4-8-6-10-9(11-10)5-7(8)3-1;1-2-6-10-8-4-3-7-9(10)5-1/h1-8,20-21,27H,9-13H2,(H,24,25);1-4,14H,5-7H2,(H,15,16);1-4,9-10H,5-6H2;1-8H/t20-,21-;;;/m1.../s1. The monoisotopic (exact) mass is 886 g/mol. The molecule has 5 heterocycles. The van der Waals surface area contributed by atoms with Gasteiger partial charge in [-0.05, 0) is 63.7 Å². The van der Waals surface area contributed by atoms with Gasteiger partial charge in [0.2, 0.25) is 0 Å². The van der Waals surface area contributed by atoms with E-state index in [1.54, 1.807) is 0 Å². The molecule has 1 fully saturated rings. The molecule has 13 rings (SSSR count). The predicted octanol–water partition coefficient (Wildman–Crippen LogP) is 10.4. The lowest BCUT2D eigenvalue weighted by molar-refractivity contribution is 0.0343. The average Bonchev–Trinajstić information content (AvgIpc) is 3.74. The van der Waals surface area contributed by atoms with E-state index >= 15 is 0 Å². The van der Waals surface area contributed by atoms with Crippen molar-refractivity contribution in [2.45, 2.75) is 76.0 Å². The number of fused-ring (bicyclic) bond motifs is 6. The molecule has 8 aromatic rings. The average molecular weight is 888 g/mol. The zero-order valence-electron chi connectivity index (χ0n) is 35.7. The maximum absolute atomic E-state index is 10.8. The molecule has 8 nitrogen and oxygen atoms in total. The number of aromatic nitrogens is 4. The Labute approximate surface area is 384 Å². The summed E-state index contributed by atoms with van der Waals surface area (Å²) in [6.45, 7) is 3.58. The van der Waals surface area contributed by atoms with Crippen LogP contribution in [0, 0.1) is 0 Å². The molecule has 0 saturated carbocycles. The van der Waals surface area contributed by atoms with E-state index in [0.717, 1.165) is 110 Å². The Balaban J connectivity index is 0.000000110. The number of aliphatic hydroxyl groups is 1. The summed E-state index contributed by atoms with van der Waals surface area (Å²) >= 11 is 12.5. The molecule has 2 aliphatic carbocycles. The maximum atomic E-state index is 10.8. The molecule has 4 N–H and O–H groups in total. The molecule has 6 aromatic carbocycles. The number of hydrogen-bond acceptors (Lipinski definition) is 6. The molecule has 10 heteroatoms. The van der Waals surface area contributed by atoms with E-state index in [-0.39, 0.29) is 12.1 Å². The summed E-state index contributed by atoms with van der Waals surface area (Å²) in [6.07, 6.45) is 6.58. The van der Waals surface area contributed by atoms with Crippen LogP contribution in [0.4, 0.5) is 0 Å². The van der Waals surface area contributed by atoms with Gasteiger partial charge < -0.3 is 25.1 Å². The first-order valence-corrected chi connectivity index (χ1v) is 23.2. The largest absolute Gasteiger partial charge is 0.391 e. The molecule has 2 aromatic heterocycles. The van der Waals surface area contributed by atoms with Crippen LogP contribution in [0.25, 0.3) is 33.5 Å². The van der Waals surface area contributed by atoms with Gasteiger partial charge in [-0.3, -0.25) is 4.90 Å². The fourth-order valence-corrected chi connectivity index (χ4v) is 9.94. The van der Waals surface area contributed by atoms with Crippen LogP contribution < -0.4 is 5.32 Å². The Kier molecular flexibility index (Phi) is 12.8. The molecule has 0 radical (unpaired) electrons. The second kappa shape index (κ2) is 19.3. The Hall–Kier alpha value is -5.58. The zero-order valence-corrected chi connectivity index (χ0v) is 37.2. The second-order valence-electron chi connectivity index (χ2n) is 17.2. The molecule has 3 aliphatic heterocycles. The smallest absolute Gasteiger partial charge is 0.139 e. The number of epoxide rings is 1. The topological polar surface area (TPSA) is 105 Å². The highest BCUT2D eigenvalue weighted by atomic mass is 35.5. The predicted molar refractivity (Wildman–Crippen MR) is 258 cm³/mol. The molecule has 64 heavy (non-hydrogen) atoms. The van der Waals surface area contributed by atoms with Crippen LogP contribution in [-0.4, -0.2) is 67.4 Å². The van der Waals surface area contributed by atoms with E-state index in [1.165, 1.54) is 38.7 Å². The Bertz CT molecular complexity index is 2760. The number of halogens is 2. The first kappa shape index (κ1) is 42.4. The van der Waals surface area contributed by atoms with Gasteiger partial charge in [-0.2, -0.15) is 0 Å². The number of H-pyrrole nitrogens is 2. The minimum absolute atomic E-state index is 0.153. The third kappa shape index (κ3) is 9.59.